The van der Waals surface area contributed by atoms with E-state index < -0.39 is 0 Å². The number of carbonyl (C=O) groups is 1. The molecule has 146 valence electrons. The third-order valence-electron chi connectivity index (χ3n) is 4.44. The maximum absolute atomic E-state index is 12.7. The molecule has 4 rings (SSSR count). The first-order chi connectivity index (χ1) is 14.0. The summed E-state index contributed by atoms with van der Waals surface area (Å²) in [6.07, 6.45) is 1.66. The minimum atomic E-state index is -0.351. The van der Waals surface area contributed by atoms with Gasteiger partial charge in [-0.2, -0.15) is 4.98 Å². The molecule has 0 aliphatic rings. The van der Waals surface area contributed by atoms with Crippen LogP contribution in [-0.4, -0.2) is 23.0 Å². The van der Waals surface area contributed by atoms with Crippen molar-refractivity contribution in [2.45, 2.75) is 6.92 Å². The van der Waals surface area contributed by atoms with Gasteiger partial charge in [0.25, 0.3) is 5.91 Å². The number of aromatic nitrogens is 2. The van der Waals surface area contributed by atoms with Crippen molar-refractivity contribution in [2.75, 3.05) is 12.4 Å². The minimum Gasteiger partial charge on any atom is -0.494 e. The number of benzene rings is 2. The van der Waals surface area contributed by atoms with Gasteiger partial charge in [0.05, 0.1) is 17.2 Å². The molecule has 0 radical (unpaired) electrons. The van der Waals surface area contributed by atoms with Gasteiger partial charge in [0, 0.05) is 23.0 Å². The summed E-state index contributed by atoms with van der Waals surface area (Å²) in [4.78, 5) is 21.4. The Hall–Kier alpha value is -3.09. The van der Waals surface area contributed by atoms with Crippen LogP contribution >= 0.6 is 23.2 Å². The number of hydrogen-bond donors (Lipinski definition) is 1. The van der Waals surface area contributed by atoms with Gasteiger partial charge < -0.3 is 14.5 Å². The number of rotatable bonds is 4. The zero-order valence-electron chi connectivity index (χ0n) is 15.5. The molecular weight excluding hydrogens is 413 g/mol. The van der Waals surface area contributed by atoms with E-state index in [4.69, 9.17) is 32.4 Å². The van der Waals surface area contributed by atoms with Gasteiger partial charge in [-0.1, -0.05) is 29.3 Å². The van der Waals surface area contributed by atoms with Crippen molar-refractivity contribution in [3.63, 3.8) is 0 Å². The molecule has 0 spiro atoms. The Morgan fingerprint density at radius 2 is 1.90 bits per heavy atom. The number of methoxy groups -OCH3 is 1. The third kappa shape index (κ3) is 3.64. The summed E-state index contributed by atoms with van der Waals surface area (Å²) in [6, 6.07) is 12.1. The molecule has 0 fully saturated rings. The molecule has 0 saturated heterocycles. The number of hydrogen-bond acceptors (Lipinski definition) is 5. The van der Waals surface area contributed by atoms with Gasteiger partial charge in [0.2, 0.25) is 5.89 Å². The number of pyridine rings is 1. The Bertz CT molecular complexity index is 1180. The maximum atomic E-state index is 12.7. The summed E-state index contributed by atoms with van der Waals surface area (Å²) in [5, 5.41) is 3.40. The molecule has 1 amide bonds. The molecule has 2 aromatic heterocycles. The lowest BCUT2D eigenvalue weighted by atomic mass is 10.1. The number of amides is 1. The highest BCUT2D eigenvalue weighted by atomic mass is 35.5. The van der Waals surface area contributed by atoms with Crippen molar-refractivity contribution in [3.05, 3.63) is 69.8 Å². The summed E-state index contributed by atoms with van der Waals surface area (Å²) in [6.45, 7) is 1.88. The molecule has 8 heteroatoms. The van der Waals surface area contributed by atoms with Crippen LogP contribution in [0.2, 0.25) is 10.0 Å². The summed E-state index contributed by atoms with van der Waals surface area (Å²) >= 11 is 12.3. The zero-order valence-corrected chi connectivity index (χ0v) is 17.0. The van der Waals surface area contributed by atoms with E-state index in [2.05, 4.69) is 15.3 Å². The van der Waals surface area contributed by atoms with Crippen LogP contribution in [0.3, 0.4) is 0 Å². The summed E-state index contributed by atoms with van der Waals surface area (Å²) in [5.41, 5.74) is 3.62. The van der Waals surface area contributed by atoms with Gasteiger partial charge in [-0.3, -0.25) is 4.79 Å². The molecule has 4 aromatic rings. The number of nitrogens with one attached hydrogen (secondary N) is 1. The van der Waals surface area contributed by atoms with Gasteiger partial charge in [-0.05, 0) is 48.9 Å². The first-order valence-corrected chi connectivity index (χ1v) is 9.39. The van der Waals surface area contributed by atoms with Crippen molar-refractivity contribution in [2.24, 2.45) is 0 Å². The average molecular weight is 428 g/mol. The van der Waals surface area contributed by atoms with Gasteiger partial charge >= 0.3 is 0 Å². The Morgan fingerprint density at radius 1 is 1.14 bits per heavy atom. The van der Waals surface area contributed by atoms with Crippen molar-refractivity contribution in [1.82, 2.24) is 9.97 Å². The number of fused-ring (bicyclic) bond motifs is 1. The normalized spacial score (nSPS) is 10.9. The number of ether oxygens (including phenoxy) is 1. The summed E-state index contributed by atoms with van der Waals surface area (Å²) in [5.74, 6) is 0.409. The fourth-order valence-corrected chi connectivity index (χ4v) is 3.61. The Morgan fingerprint density at radius 3 is 2.59 bits per heavy atom. The molecule has 0 saturated carbocycles. The van der Waals surface area contributed by atoms with E-state index in [1.54, 1.807) is 24.4 Å². The Balaban J connectivity index is 1.66. The molecule has 1 N–H and O–H groups in total. The van der Waals surface area contributed by atoms with Crippen LogP contribution in [0.5, 0.6) is 5.75 Å². The summed E-state index contributed by atoms with van der Waals surface area (Å²) < 4.78 is 10.9. The number of carbonyl (C=O) groups excluding carboxylic acids is 1. The first-order valence-electron chi connectivity index (χ1n) is 8.64. The van der Waals surface area contributed by atoms with Crippen molar-refractivity contribution in [3.8, 4) is 17.2 Å². The number of nitrogens with zero attached hydrogens (tertiary/aromatic N) is 2. The lowest BCUT2D eigenvalue weighted by Crippen LogP contribution is -2.13. The topological polar surface area (TPSA) is 77.2 Å². The fraction of sp³-hybridized carbons (Fsp3) is 0.0952. The SMILES string of the molecule is COc1c(Cl)cc(C(=O)Nc2cccc(-c3nc4ncccc4o3)c2C)cc1Cl. The second-order valence-electron chi connectivity index (χ2n) is 6.25. The average Bonchev–Trinajstić information content (AvgIpc) is 3.13. The molecule has 29 heavy (non-hydrogen) atoms. The van der Waals surface area contributed by atoms with E-state index in [1.165, 1.54) is 19.2 Å². The zero-order chi connectivity index (χ0) is 20.5. The Labute approximate surface area is 176 Å². The summed E-state index contributed by atoms with van der Waals surface area (Å²) in [7, 11) is 1.46. The second kappa shape index (κ2) is 7.73. The molecule has 0 bridgehead atoms. The highest BCUT2D eigenvalue weighted by Crippen LogP contribution is 2.34. The molecule has 0 aliphatic carbocycles. The van der Waals surface area contributed by atoms with Crippen LogP contribution in [0.1, 0.15) is 15.9 Å². The number of anilines is 1. The highest BCUT2D eigenvalue weighted by molar-refractivity contribution is 6.37. The van der Waals surface area contributed by atoms with E-state index >= 15 is 0 Å². The van der Waals surface area contributed by atoms with Crippen molar-refractivity contribution < 1.29 is 13.9 Å². The fourth-order valence-electron chi connectivity index (χ4n) is 2.97. The lowest BCUT2D eigenvalue weighted by Gasteiger charge is -2.12. The monoisotopic (exact) mass is 427 g/mol. The third-order valence-corrected chi connectivity index (χ3v) is 5.00. The number of oxazole rings is 1. The van der Waals surface area contributed by atoms with Crippen LogP contribution < -0.4 is 10.1 Å². The Kier molecular flexibility index (Phi) is 5.13. The van der Waals surface area contributed by atoms with Gasteiger partial charge in [0.1, 0.15) is 0 Å². The molecule has 6 nitrogen and oxygen atoms in total. The van der Waals surface area contributed by atoms with Crippen LogP contribution in [-0.2, 0) is 0 Å². The first kappa shape index (κ1) is 19.2. The second-order valence-corrected chi connectivity index (χ2v) is 7.06. The lowest BCUT2D eigenvalue weighted by molar-refractivity contribution is 0.102. The molecule has 2 heterocycles. The molecule has 0 aliphatic heterocycles. The molecular formula is C21H15Cl2N3O3. The van der Waals surface area contributed by atoms with E-state index in [-0.39, 0.29) is 16.0 Å². The molecule has 0 atom stereocenters. The van der Waals surface area contributed by atoms with E-state index in [0.29, 0.717) is 34.1 Å². The van der Waals surface area contributed by atoms with E-state index in [0.717, 1.165) is 11.1 Å². The predicted octanol–water partition coefficient (Wildman–Crippen LogP) is 5.77. The van der Waals surface area contributed by atoms with Crippen LogP contribution in [0, 0.1) is 6.92 Å². The largest absolute Gasteiger partial charge is 0.494 e. The van der Waals surface area contributed by atoms with Crippen LogP contribution in [0.4, 0.5) is 5.69 Å². The predicted molar refractivity (Wildman–Crippen MR) is 113 cm³/mol. The van der Waals surface area contributed by atoms with Crippen LogP contribution in [0.15, 0.2) is 53.1 Å². The van der Waals surface area contributed by atoms with Crippen molar-refractivity contribution in [1.29, 1.82) is 0 Å². The van der Waals surface area contributed by atoms with Gasteiger partial charge in [-0.15, -0.1) is 0 Å². The minimum absolute atomic E-state index is 0.259. The number of halogens is 2. The smallest absolute Gasteiger partial charge is 0.255 e. The maximum Gasteiger partial charge on any atom is 0.255 e. The van der Waals surface area contributed by atoms with E-state index in [9.17, 15) is 4.79 Å². The quantitative estimate of drug-likeness (QED) is 0.447. The van der Waals surface area contributed by atoms with Crippen molar-refractivity contribution >= 4 is 46.0 Å². The van der Waals surface area contributed by atoms with Crippen LogP contribution in [0.25, 0.3) is 22.7 Å². The van der Waals surface area contributed by atoms with Gasteiger partial charge in [0.15, 0.2) is 17.0 Å². The highest BCUT2D eigenvalue weighted by Gasteiger charge is 2.17. The molecule has 0 unspecified atom stereocenters. The molecule has 2 aromatic carbocycles. The van der Waals surface area contributed by atoms with Gasteiger partial charge in [-0.25, -0.2) is 4.98 Å². The standard InChI is InChI=1S/C21H15Cl2N3O3/c1-11-13(21-26-19-17(29-21)7-4-8-24-19)5-3-6-16(11)25-20(27)12-9-14(22)18(28-2)15(23)10-12/h3-10H,1-2H3,(H,25,27). The van der Waals surface area contributed by atoms with E-state index in [1.807, 2.05) is 19.1 Å².